The van der Waals surface area contributed by atoms with Crippen LogP contribution >= 0.6 is 0 Å². The molecule has 2 rings (SSSR count). The summed E-state index contributed by atoms with van der Waals surface area (Å²) in [6, 6.07) is -0.696. The maximum atomic E-state index is 13.0. The Morgan fingerprint density at radius 2 is 2.03 bits per heavy atom. The second-order valence-corrected chi connectivity index (χ2v) is 8.36. The Hall–Kier alpha value is -1.78. The number of hydrogen-bond acceptors (Lipinski definition) is 8. The molecular weight excluding hydrogens is 382 g/mol. The average Bonchev–Trinajstić information content (AvgIpc) is 3.12. The van der Waals surface area contributed by atoms with Crippen LogP contribution in [0.25, 0.3) is 0 Å². The van der Waals surface area contributed by atoms with Gasteiger partial charge in [-0.05, 0) is 40.7 Å². The van der Waals surface area contributed by atoms with Crippen LogP contribution in [0.15, 0.2) is 23.3 Å². The molecule has 0 aromatic carbocycles. The zero-order chi connectivity index (χ0) is 22.2. The van der Waals surface area contributed by atoms with E-state index in [9.17, 15) is 30.1 Å². The summed E-state index contributed by atoms with van der Waals surface area (Å²) >= 11 is 0. The molecule has 0 amide bonds. The molecule has 2 aliphatic rings. The number of aliphatic hydroxyl groups excluding tert-OH is 1. The van der Waals surface area contributed by atoms with E-state index in [4.69, 9.17) is 9.47 Å². The molecule has 0 spiro atoms. The first-order chi connectivity index (χ1) is 13.3. The third kappa shape index (κ3) is 4.24. The smallest absolute Gasteiger partial charge is 0.344 e. The lowest BCUT2D eigenvalue weighted by atomic mass is 9.81. The molecule has 9 heteroatoms. The molecule has 0 aliphatic carbocycles. The largest absolute Gasteiger partial charge is 0.632 e. The minimum absolute atomic E-state index is 0.167. The van der Waals surface area contributed by atoms with Gasteiger partial charge in [0, 0.05) is 17.6 Å². The number of rotatable bonds is 7. The molecule has 0 saturated carbocycles. The molecule has 0 bridgehead atoms. The lowest BCUT2D eigenvalue weighted by Gasteiger charge is -2.41. The first-order valence-corrected chi connectivity index (χ1v) is 9.68. The highest BCUT2D eigenvalue weighted by Crippen LogP contribution is 2.38. The molecule has 0 radical (unpaired) electrons. The van der Waals surface area contributed by atoms with Gasteiger partial charge in [0.05, 0.1) is 19.2 Å². The fraction of sp³-hybridized carbons (Fsp3) is 0.700. The lowest BCUT2D eigenvalue weighted by molar-refractivity contribution is -0.877. The quantitative estimate of drug-likeness (QED) is 0.178. The van der Waals surface area contributed by atoms with Crippen LogP contribution in [0, 0.1) is 5.21 Å². The van der Waals surface area contributed by atoms with Crippen LogP contribution in [0.4, 0.5) is 0 Å². The van der Waals surface area contributed by atoms with Crippen molar-refractivity contribution in [3.63, 3.8) is 0 Å². The van der Waals surface area contributed by atoms with Gasteiger partial charge in [0.2, 0.25) is 5.60 Å². The van der Waals surface area contributed by atoms with Gasteiger partial charge in [0.1, 0.15) is 12.2 Å². The summed E-state index contributed by atoms with van der Waals surface area (Å²) in [5, 5.41) is 43.5. The molecule has 0 aromatic heterocycles. The van der Waals surface area contributed by atoms with Crippen LogP contribution in [-0.4, -0.2) is 81.1 Å². The van der Waals surface area contributed by atoms with E-state index < -0.39 is 46.0 Å². The third-order valence-corrected chi connectivity index (χ3v) is 5.93. The van der Waals surface area contributed by atoms with Crippen molar-refractivity contribution in [1.29, 1.82) is 0 Å². The molecule has 164 valence electrons. The van der Waals surface area contributed by atoms with Crippen molar-refractivity contribution in [2.75, 3.05) is 19.7 Å². The van der Waals surface area contributed by atoms with E-state index in [-0.39, 0.29) is 19.7 Å². The fourth-order valence-electron chi connectivity index (χ4n) is 3.89. The Bertz CT molecular complexity index is 722. The molecule has 9 nitrogen and oxygen atoms in total. The van der Waals surface area contributed by atoms with Gasteiger partial charge in [-0.15, -0.1) is 0 Å². The first-order valence-electron chi connectivity index (χ1n) is 9.68. The van der Waals surface area contributed by atoms with Crippen LogP contribution in [0.2, 0.25) is 0 Å². The van der Waals surface area contributed by atoms with Crippen molar-refractivity contribution in [3.8, 4) is 0 Å². The molecule has 3 N–H and O–H groups in total. The minimum atomic E-state index is -2.54. The van der Waals surface area contributed by atoms with Crippen LogP contribution in [0.3, 0.4) is 0 Å². The van der Waals surface area contributed by atoms with E-state index in [1.54, 1.807) is 26.0 Å². The fourth-order valence-corrected chi connectivity index (χ4v) is 3.89. The summed E-state index contributed by atoms with van der Waals surface area (Å²) in [6.07, 6.45) is 1.43. The van der Waals surface area contributed by atoms with Crippen LogP contribution in [-0.2, 0) is 19.1 Å². The molecule has 2 aliphatic heterocycles. The summed E-state index contributed by atoms with van der Waals surface area (Å²) < 4.78 is 10.1. The van der Waals surface area contributed by atoms with Gasteiger partial charge in [0.25, 0.3) is 0 Å². The highest BCUT2D eigenvalue weighted by molar-refractivity contribution is 5.87. The van der Waals surface area contributed by atoms with Gasteiger partial charge < -0.3 is 34.6 Å². The molecular formula is C20H31NO8. The van der Waals surface area contributed by atoms with E-state index >= 15 is 0 Å². The number of hydroxylamine groups is 3. The maximum absolute atomic E-state index is 13.0. The van der Waals surface area contributed by atoms with Crippen LogP contribution in [0.1, 0.15) is 41.0 Å². The second kappa shape index (κ2) is 8.16. The predicted molar refractivity (Wildman–Crippen MR) is 103 cm³/mol. The highest BCUT2D eigenvalue weighted by Gasteiger charge is 2.55. The Balaban J connectivity index is 2.13. The Morgan fingerprint density at radius 1 is 1.41 bits per heavy atom. The number of esters is 2. The van der Waals surface area contributed by atoms with E-state index in [1.807, 2.05) is 0 Å². The molecule has 5 atom stereocenters. The SMILES string of the molecule is CC=C(C)C(=O)O[C@@H]1CC[N+]2([O-])CC=C(COC(=O)C(O)([C@H](C)O)C(C)(C)O)[C@H]12. The minimum Gasteiger partial charge on any atom is -0.632 e. The summed E-state index contributed by atoms with van der Waals surface area (Å²) in [4.78, 5) is 24.6. The lowest BCUT2D eigenvalue weighted by Crippen LogP contribution is -2.63. The Labute approximate surface area is 170 Å². The summed E-state index contributed by atoms with van der Waals surface area (Å²) in [6.45, 7) is 7.00. The molecule has 2 unspecified atom stereocenters. The predicted octanol–water partition coefficient (Wildman–Crippen LogP) is 0.317. The van der Waals surface area contributed by atoms with Gasteiger partial charge in [0.15, 0.2) is 12.1 Å². The second-order valence-electron chi connectivity index (χ2n) is 8.36. The average molecular weight is 413 g/mol. The standard InChI is InChI=1S/C20H31NO8/c1-6-12(2)17(23)29-15-8-10-21(27)9-7-14(16(15)21)11-28-18(24)20(26,13(3)22)19(4,5)25/h6-7,13,15-16,22,25-26H,8-11H2,1-5H3/t13-,15+,16+,20?,21?/m0/s1. The molecule has 2 heterocycles. The summed E-state index contributed by atoms with van der Waals surface area (Å²) in [5.74, 6) is -1.70. The van der Waals surface area contributed by atoms with Gasteiger partial charge in [-0.25, -0.2) is 9.59 Å². The molecule has 0 aromatic rings. The maximum Gasteiger partial charge on any atom is 0.344 e. The Morgan fingerprint density at radius 3 is 2.55 bits per heavy atom. The number of ether oxygens (including phenoxy) is 2. The highest BCUT2D eigenvalue weighted by atomic mass is 16.6. The third-order valence-electron chi connectivity index (χ3n) is 5.93. The summed E-state index contributed by atoms with van der Waals surface area (Å²) in [7, 11) is 0. The molecule has 1 fully saturated rings. The van der Waals surface area contributed by atoms with Crippen molar-refractivity contribution in [3.05, 3.63) is 28.5 Å². The van der Waals surface area contributed by atoms with Crippen molar-refractivity contribution in [2.24, 2.45) is 0 Å². The number of aliphatic hydroxyl groups is 3. The van der Waals surface area contributed by atoms with Crippen molar-refractivity contribution >= 4 is 11.9 Å². The number of allylic oxidation sites excluding steroid dienone is 1. The number of carbonyl (C=O) groups excluding carboxylic acids is 2. The molecule has 29 heavy (non-hydrogen) atoms. The van der Waals surface area contributed by atoms with E-state index in [1.165, 1.54) is 20.8 Å². The number of carbonyl (C=O) groups is 2. The molecule has 1 saturated heterocycles. The number of hydrogen-bond donors (Lipinski definition) is 3. The van der Waals surface area contributed by atoms with Gasteiger partial charge in [-0.1, -0.05) is 6.08 Å². The summed E-state index contributed by atoms with van der Waals surface area (Å²) in [5.41, 5.74) is -3.58. The van der Waals surface area contributed by atoms with E-state index in [2.05, 4.69) is 0 Å². The number of quaternary nitrogens is 1. The Kier molecular flexibility index (Phi) is 6.61. The van der Waals surface area contributed by atoms with E-state index in [0.29, 0.717) is 17.6 Å². The normalized spacial score (nSPS) is 30.2. The van der Waals surface area contributed by atoms with Gasteiger partial charge in [-0.3, -0.25) is 0 Å². The zero-order valence-electron chi connectivity index (χ0n) is 17.5. The van der Waals surface area contributed by atoms with Crippen molar-refractivity contribution < 1.29 is 39.0 Å². The van der Waals surface area contributed by atoms with Gasteiger partial charge in [-0.2, -0.15) is 0 Å². The zero-order valence-corrected chi connectivity index (χ0v) is 17.5. The van der Waals surface area contributed by atoms with Crippen molar-refractivity contribution in [2.45, 2.75) is 70.5 Å². The number of nitrogens with zero attached hydrogens (tertiary/aromatic N) is 1. The monoisotopic (exact) mass is 413 g/mol. The van der Waals surface area contributed by atoms with Crippen molar-refractivity contribution in [1.82, 2.24) is 0 Å². The number of fused-ring (bicyclic) bond motifs is 1. The van der Waals surface area contributed by atoms with Crippen LogP contribution in [0.5, 0.6) is 0 Å². The topological polar surface area (TPSA) is 136 Å². The van der Waals surface area contributed by atoms with E-state index in [0.717, 1.165) is 0 Å². The van der Waals surface area contributed by atoms with Crippen LogP contribution < -0.4 is 0 Å². The first kappa shape index (κ1) is 23.5. The van der Waals surface area contributed by atoms with Gasteiger partial charge >= 0.3 is 11.9 Å².